The molecule has 0 saturated heterocycles. The molecule has 0 bridgehead atoms. The number of likely N-dealkylation sites (N-methyl/N-ethyl adjacent to an activating group) is 1. The molecule has 136 valence electrons. The van der Waals surface area contributed by atoms with Crippen molar-refractivity contribution in [3.05, 3.63) is 53.1 Å². The molecule has 1 unspecified atom stereocenters. The fourth-order valence-electron chi connectivity index (χ4n) is 2.76. The van der Waals surface area contributed by atoms with E-state index >= 15 is 0 Å². The van der Waals surface area contributed by atoms with Crippen molar-refractivity contribution in [1.82, 2.24) is 0 Å². The molecule has 0 saturated carbocycles. The number of amides is 1. The minimum absolute atomic E-state index is 0.136. The summed E-state index contributed by atoms with van der Waals surface area (Å²) in [5.41, 5.74) is 3.16. The lowest BCUT2D eigenvalue weighted by molar-refractivity contribution is -0.885. The van der Waals surface area contributed by atoms with Crippen LogP contribution in [0.1, 0.15) is 16.7 Å². The Kier molecular flexibility index (Phi) is 6.59. The summed E-state index contributed by atoms with van der Waals surface area (Å²) in [4.78, 5) is 13.3. The molecule has 2 aromatic rings. The van der Waals surface area contributed by atoms with Crippen LogP contribution in [-0.2, 0) is 11.3 Å². The Hall–Kier alpha value is -3.04. The quantitative estimate of drug-likeness (QED) is 0.791. The lowest BCUT2D eigenvalue weighted by Crippen LogP contribution is -3.08. The number of rotatable bonds is 7. The van der Waals surface area contributed by atoms with Crippen LogP contribution in [0.4, 0.5) is 5.69 Å². The van der Waals surface area contributed by atoms with Gasteiger partial charge in [0.1, 0.15) is 12.6 Å². The van der Waals surface area contributed by atoms with E-state index in [0.29, 0.717) is 29.3 Å². The summed E-state index contributed by atoms with van der Waals surface area (Å²) in [5.74, 6) is 1.23. The number of methoxy groups -OCH3 is 2. The Bertz CT molecular complexity index is 828. The summed E-state index contributed by atoms with van der Waals surface area (Å²) >= 11 is 0. The second-order valence-electron chi connectivity index (χ2n) is 6.15. The summed E-state index contributed by atoms with van der Waals surface area (Å²) in [6.45, 7) is 2.96. The van der Waals surface area contributed by atoms with Crippen LogP contribution in [0.5, 0.6) is 11.5 Å². The number of nitriles is 1. The van der Waals surface area contributed by atoms with Crippen molar-refractivity contribution in [2.24, 2.45) is 0 Å². The van der Waals surface area contributed by atoms with Gasteiger partial charge in [0, 0.05) is 5.56 Å². The highest BCUT2D eigenvalue weighted by Gasteiger charge is 2.15. The van der Waals surface area contributed by atoms with Gasteiger partial charge in [0.15, 0.2) is 18.0 Å². The van der Waals surface area contributed by atoms with Crippen molar-refractivity contribution in [1.29, 1.82) is 5.26 Å². The third kappa shape index (κ3) is 4.74. The maximum atomic E-state index is 12.3. The van der Waals surface area contributed by atoms with E-state index in [9.17, 15) is 4.79 Å². The summed E-state index contributed by atoms with van der Waals surface area (Å²) in [5, 5.41) is 11.9. The maximum absolute atomic E-state index is 12.3. The molecule has 6 heteroatoms. The van der Waals surface area contributed by atoms with Gasteiger partial charge in [-0.3, -0.25) is 4.79 Å². The van der Waals surface area contributed by atoms with Crippen molar-refractivity contribution >= 4 is 11.6 Å². The molecule has 0 spiro atoms. The molecule has 2 rings (SSSR count). The first-order valence-corrected chi connectivity index (χ1v) is 8.30. The third-order valence-electron chi connectivity index (χ3n) is 4.12. The normalized spacial score (nSPS) is 11.3. The van der Waals surface area contributed by atoms with Crippen LogP contribution in [0.15, 0.2) is 36.4 Å². The zero-order valence-electron chi connectivity index (χ0n) is 15.6. The van der Waals surface area contributed by atoms with Crippen LogP contribution in [-0.4, -0.2) is 33.7 Å². The van der Waals surface area contributed by atoms with Gasteiger partial charge in [-0.05, 0) is 36.8 Å². The number of ether oxygens (including phenoxy) is 2. The van der Waals surface area contributed by atoms with Crippen molar-refractivity contribution < 1.29 is 19.2 Å². The number of carbonyl (C=O) groups excluding carboxylic acids is 1. The number of carbonyl (C=O) groups is 1. The van der Waals surface area contributed by atoms with Gasteiger partial charge >= 0.3 is 0 Å². The molecule has 0 heterocycles. The molecule has 2 aromatic carbocycles. The van der Waals surface area contributed by atoms with Crippen LogP contribution in [0.2, 0.25) is 0 Å². The monoisotopic (exact) mass is 354 g/mol. The summed E-state index contributed by atoms with van der Waals surface area (Å²) < 4.78 is 10.7. The number of para-hydroxylation sites is 1. The average Bonchev–Trinajstić information content (AvgIpc) is 2.63. The lowest BCUT2D eigenvalue weighted by Gasteiger charge is -2.17. The second kappa shape index (κ2) is 8.88. The smallest absolute Gasteiger partial charge is 0.279 e. The minimum Gasteiger partial charge on any atom is -0.493 e. The Balaban J connectivity index is 2.03. The number of hydrogen-bond donors (Lipinski definition) is 2. The van der Waals surface area contributed by atoms with Crippen LogP contribution >= 0.6 is 0 Å². The predicted molar refractivity (Wildman–Crippen MR) is 99.5 cm³/mol. The third-order valence-corrected chi connectivity index (χ3v) is 4.12. The number of aryl methyl sites for hydroxylation is 1. The van der Waals surface area contributed by atoms with Crippen molar-refractivity contribution in [3.8, 4) is 17.6 Å². The topological polar surface area (TPSA) is 75.8 Å². The lowest BCUT2D eigenvalue weighted by atomic mass is 10.1. The summed E-state index contributed by atoms with van der Waals surface area (Å²) in [6, 6.07) is 12.9. The number of anilines is 1. The van der Waals surface area contributed by atoms with Crippen LogP contribution < -0.4 is 19.7 Å². The SMILES string of the molecule is COc1cc(C)c(C[NH+](C)CC(=O)Nc2ccccc2C#N)cc1OC. The largest absolute Gasteiger partial charge is 0.493 e. The van der Waals surface area contributed by atoms with E-state index in [2.05, 4.69) is 11.4 Å². The molecule has 1 atom stereocenters. The number of nitrogens with zero attached hydrogens (tertiary/aromatic N) is 1. The summed E-state index contributed by atoms with van der Waals surface area (Å²) in [6.07, 6.45) is 0. The highest BCUT2D eigenvalue weighted by atomic mass is 16.5. The Morgan fingerprint density at radius 1 is 1.19 bits per heavy atom. The highest BCUT2D eigenvalue weighted by molar-refractivity contribution is 5.92. The number of nitrogens with one attached hydrogen (secondary N) is 2. The van der Waals surface area contributed by atoms with Crippen molar-refractivity contribution in [2.45, 2.75) is 13.5 Å². The molecule has 0 aliphatic carbocycles. The van der Waals surface area contributed by atoms with Crippen LogP contribution in [0, 0.1) is 18.3 Å². The van der Waals surface area contributed by atoms with E-state index in [-0.39, 0.29) is 12.5 Å². The van der Waals surface area contributed by atoms with Gasteiger partial charge in [-0.1, -0.05) is 12.1 Å². The van der Waals surface area contributed by atoms with Crippen LogP contribution in [0.25, 0.3) is 0 Å². The molecule has 0 fully saturated rings. The fourth-order valence-corrected chi connectivity index (χ4v) is 2.76. The second-order valence-corrected chi connectivity index (χ2v) is 6.15. The van der Waals surface area contributed by atoms with Gasteiger partial charge in [-0.2, -0.15) is 5.26 Å². The summed E-state index contributed by atoms with van der Waals surface area (Å²) in [7, 11) is 5.16. The first-order valence-electron chi connectivity index (χ1n) is 8.30. The molecular formula is C20H24N3O3+. The number of quaternary nitrogens is 1. The van der Waals surface area contributed by atoms with Gasteiger partial charge < -0.3 is 19.7 Å². The molecule has 26 heavy (non-hydrogen) atoms. The molecule has 0 aliphatic rings. The molecular weight excluding hydrogens is 330 g/mol. The van der Waals surface area contributed by atoms with Gasteiger partial charge in [-0.25, -0.2) is 0 Å². The molecule has 0 aliphatic heterocycles. The van der Waals surface area contributed by atoms with Crippen LogP contribution in [0.3, 0.4) is 0 Å². The van der Waals surface area contributed by atoms with Gasteiger partial charge in [0.05, 0.1) is 32.5 Å². The molecule has 6 nitrogen and oxygen atoms in total. The van der Waals surface area contributed by atoms with E-state index in [1.807, 2.05) is 26.1 Å². The average molecular weight is 354 g/mol. The maximum Gasteiger partial charge on any atom is 0.279 e. The first-order chi connectivity index (χ1) is 12.5. The zero-order chi connectivity index (χ0) is 19.1. The van der Waals surface area contributed by atoms with E-state index in [1.54, 1.807) is 38.5 Å². The molecule has 0 aromatic heterocycles. The predicted octanol–water partition coefficient (Wildman–Crippen LogP) is 1.54. The Morgan fingerprint density at radius 3 is 2.50 bits per heavy atom. The molecule has 0 radical (unpaired) electrons. The van der Waals surface area contributed by atoms with E-state index < -0.39 is 0 Å². The van der Waals surface area contributed by atoms with E-state index in [1.165, 1.54) is 0 Å². The van der Waals surface area contributed by atoms with Crippen molar-refractivity contribution in [2.75, 3.05) is 33.1 Å². The van der Waals surface area contributed by atoms with E-state index in [0.717, 1.165) is 16.0 Å². The van der Waals surface area contributed by atoms with Gasteiger partial charge in [-0.15, -0.1) is 0 Å². The highest BCUT2D eigenvalue weighted by Crippen LogP contribution is 2.29. The van der Waals surface area contributed by atoms with Gasteiger partial charge in [0.2, 0.25) is 0 Å². The standard InChI is InChI=1S/C20H23N3O3/c1-14-9-18(25-3)19(26-4)10-16(14)12-23(2)13-20(24)22-17-8-6-5-7-15(17)11-21/h5-10H,12-13H2,1-4H3,(H,22,24)/p+1. The first kappa shape index (κ1) is 19.3. The zero-order valence-corrected chi connectivity index (χ0v) is 15.6. The number of benzene rings is 2. The fraction of sp³-hybridized carbons (Fsp3) is 0.300. The molecule has 2 N–H and O–H groups in total. The minimum atomic E-state index is -0.136. The van der Waals surface area contributed by atoms with Gasteiger partial charge in [0.25, 0.3) is 5.91 Å². The Labute approximate surface area is 153 Å². The molecule has 1 amide bonds. The van der Waals surface area contributed by atoms with Crippen molar-refractivity contribution in [3.63, 3.8) is 0 Å². The van der Waals surface area contributed by atoms with E-state index in [4.69, 9.17) is 14.7 Å². The Morgan fingerprint density at radius 2 is 1.85 bits per heavy atom. The number of hydrogen-bond acceptors (Lipinski definition) is 4.